The highest BCUT2D eigenvalue weighted by Crippen LogP contribution is 2.61. The van der Waals surface area contributed by atoms with E-state index in [1.807, 2.05) is 13.8 Å². The zero-order valence-corrected chi connectivity index (χ0v) is 15.0. The van der Waals surface area contributed by atoms with Crippen LogP contribution in [0.5, 0.6) is 5.75 Å². The van der Waals surface area contributed by atoms with Crippen LogP contribution in [0, 0.1) is 0 Å². The van der Waals surface area contributed by atoms with Crippen LogP contribution >= 0.6 is 0 Å². The third kappa shape index (κ3) is 4.61. The van der Waals surface area contributed by atoms with Crippen molar-refractivity contribution in [3.8, 4) is 5.75 Å². The highest BCUT2D eigenvalue weighted by atomic mass is 19.4. The van der Waals surface area contributed by atoms with Crippen LogP contribution in [0.4, 0.5) is 26.3 Å². The molecule has 0 aromatic heterocycles. The molecule has 0 unspecified atom stereocenters. The standard InChI is InChI=1S/C16H18F6O.C2H6/c1-13(2,3)10-7-11(14(4-5-14)16(20,21)22)12(23)6-9(10)8-15(17,18)19;1-2/h6-7,23H,4-5,8H2,1-3H3;1-2H3. The van der Waals surface area contributed by atoms with E-state index < -0.39 is 35.4 Å². The summed E-state index contributed by atoms with van der Waals surface area (Å²) in [7, 11) is 0. The Hall–Kier alpha value is -1.40. The molecule has 25 heavy (non-hydrogen) atoms. The van der Waals surface area contributed by atoms with E-state index in [-0.39, 0.29) is 29.5 Å². The fraction of sp³-hybridized carbons (Fsp3) is 0.667. The van der Waals surface area contributed by atoms with Gasteiger partial charge in [0.25, 0.3) is 0 Å². The molecule has 0 bridgehead atoms. The minimum absolute atomic E-state index is 0.160. The molecule has 1 aliphatic carbocycles. The van der Waals surface area contributed by atoms with Gasteiger partial charge in [0.15, 0.2) is 0 Å². The van der Waals surface area contributed by atoms with Gasteiger partial charge in [-0.3, -0.25) is 0 Å². The number of benzene rings is 1. The Kier molecular flexibility index (Phi) is 5.82. The van der Waals surface area contributed by atoms with Crippen LogP contribution in [0.2, 0.25) is 0 Å². The number of phenols is 1. The van der Waals surface area contributed by atoms with Crippen LogP contribution in [-0.4, -0.2) is 17.5 Å². The molecule has 0 amide bonds. The summed E-state index contributed by atoms with van der Waals surface area (Å²) < 4.78 is 78.0. The first-order valence-electron chi connectivity index (χ1n) is 8.18. The average molecular weight is 370 g/mol. The molecule has 2 rings (SSSR count). The summed E-state index contributed by atoms with van der Waals surface area (Å²) in [5.41, 5.74) is -3.23. The lowest BCUT2D eigenvalue weighted by molar-refractivity contribution is -0.161. The first-order chi connectivity index (χ1) is 11.2. The van der Waals surface area contributed by atoms with E-state index in [4.69, 9.17) is 0 Å². The van der Waals surface area contributed by atoms with E-state index >= 15 is 0 Å². The predicted molar refractivity (Wildman–Crippen MR) is 84.9 cm³/mol. The third-order valence-corrected chi connectivity index (χ3v) is 4.23. The summed E-state index contributed by atoms with van der Waals surface area (Å²) in [6.45, 7) is 8.91. The van der Waals surface area contributed by atoms with E-state index in [9.17, 15) is 31.4 Å². The molecule has 1 N–H and O–H groups in total. The molecule has 0 spiro atoms. The number of hydrogen-bond acceptors (Lipinski definition) is 1. The van der Waals surface area contributed by atoms with Gasteiger partial charge in [0.1, 0.15) is 5.75 Å². The Bertz CT molecular complexity index is 604. The van der Waals surface area contributed by atoms with Crippen LogP contribution in [0.15, 0.2) is 12.1 Å². The van der Waals surface area contributed by atoms with E-state index in [1.54, 1.807) is 20.8 Å². The van der Waals surface area contributed by atoms with E-state index in [1.165, 1.54) is 0 Å². The fourth-order valence-corrected chi connectivity index (χ4v) is 2.91. The van der Waals surface area contributed by atoms with Crippen LogP contribution < -0.4 is 0 Å². The molecule has 1 fully saturated rings. The van der Waals surface area contributed by atoms with Gasteiger partial charge in [-0.15, -0.1) is 0 Å². The van der Waals surface area contributed by atoms with Gasteiger partial charge in [0.2, 0.25) is 0 Å². The van der Waals surface area contributed by atoms with Crippen LogP contribution in [0.25, 0.3) is 0 Å². The zero-order valence-electron chi connectivity index (χ0n) is 15.0. The maximum absolute atomic E-state index is 13.3. The van der Waals surface area contributed by atoms with Gasteiger partial charge in [0.05, 0.1) is 11.8 Å². The summed E-state index contributed by atoms with van der Waals surface area (Å²) in [6, 6.07) is 1.95. The molecule has 1 aromatic rings. The maximum Gasteiger partial charge on any atom is 0.398 e. The molecule has 0 atom stereocenters. The fourth-order valence-electron chi connectivity index (χ4n) is 2.91. The van der Waals surface area contributed by atoms with Crippen molar-refractivity contribution in [2.24, 2.45) is 0 Å². The molecule has 0 radical (unpaired) electrons. The molecule has 1 saturated carbocycles. The van der Waals surface area contributed by atoms with Gasteiger partial charge in [-0.1, -0.05) is 40.7 Å². The molecule has 1 aromatic carbocycles. The molecule has 7 heteroatoms. The van der Waals surface area contributed by atoms with Crippen molar-refractivity contribution in [2.45, 2.75) is 77.1 Å². The van der Waals surface area contributed by atoms with Crippen molar-refractivity contribution >= 4 is 0 Å². The number of hydrogen-bond donors (Lipinski definition) is 1. The highest BCUT2D eigenvalue weighted by molar-refractivity contribution is 5.51. The van der Waals surface area contributed by atoms with Crippen molar-refractivity contribution in [2.75, 3.05) is 0 Å². The van der Waals surface area contributed by atoms with Crippen LogP contribution in [0.3, 0.4) is 0 Å². The molecule has 144 valence electrons. The maximum atomic E-state index is 13.3. The van der Waals surface area contributed by atoms with Gasteiger partial charge in [-0.25, -0.2) is 0 Å². The summed E-state index contributed by atoms with van der Waals surface area (Å²) in [5, 5.41) is 9.95. The highest BCUT2D eigenvalue weighted by Gasteiger charge is 2.65. The lowest BCUT2D eigenvalue weighted by atomic mass is 9.79. The first kappa shape index (κ1) is 21.6. The predicted octanol–water partition coefficient (Wildman–Crippen LogP) is 6.41. The van der Waals surface area contributed by atoms with Crippen molar-refractivity contribution < 1.29 is 31.4 Å². The SMILES string of the molecule is CC.CC(C)(C)c1cc(C2(C(F)(F)F)CC2)c(O)cc1CC(F)(F)F. The number of rotatable bonds is 2. The second-order valence-electron chi connectivity index (χ2n) is 7.15. The van der Waals surface area contributed by atoms with Crippen molar-refractivity contribution in [3.63, 3.8) is 0 Å². The van der Waals surface area contributed by atoms with Crippen LogP contribution in [0.1, 0.15) is 64.2 Å². The second kappa shape index (κ2) is 6.72. The molecule has 0 saturated heterocycles. The quantitative estimate of drug-likeness (QED) is 0.596. The Balaban J connectivity index is 0.00000151. The first-order valence-corrected chi connectivity index (χ1v) is 8.18. The lowest BCUT2D eigenvalue weighted by Crippen LogP contribution is -2.30. The van der Waals surface area contributed by atoms with E-state index in [0.717, 1.165) is 12.1 Å². The third-order valence-electron chi connectivity index (χ3n) is 4.23. The number of phenolic OH excluding ortho intramolecular Hbond substituents is 1. The minimum Gasteiger partial charge on any atom is -0.508 e. The topological polar surface area (TPSA) is 20.2 Å². The van der Waals surface area contributed by atoms with Crippen LogP contribution in [-0.2, 0) is 17.3 Å². The van der Waals surface area contributed by atoms with Crippen molar-refractivity contribution in [1.82, 2.24) is 0 Å². The lowest BCUT2D eigenvalue weighted by Gasteiger charge is -2.28. The molecular weight excluding hydrogens is 346 g/mol. The molecule has 1 nitrogen and oxygen atoms in total. The number of alkyl halides is 6. The second-order valence-corrected chi connectivity index (χ2v) is 7.15. The van der Waals surface area contributed by atoms with Gasteiger partial charge in [-0.2, -0.15) is 26.3 Å². The largest absolute Gasteiger partial charge is 0.508 e. The molecule has 0 heterocycles. The molecular formula is C18H24F6O. The smallest absolute Gasteiger partial charge is 0.398 e. The number of aromatic hydroxyl groups is 1. The minimum atomic E-state index is -4.54. The van der Waals surface area contributed by atoms with Crippen molar-refractivity contribution in [1.29, 1.82) is 0 Å². The normalized spacial score (nSPS) is 16.9. The average Bonchev–Trinajstić information content (AvgIpc) is 3.18. The van der Waals surface area contributed by atoms with Gasteiger partial charge in [-0.05, 0) is 35.4 Å². The van der Waals surface area contributed by atoms with E-state index in [0.29, 0.717) is 0 Å². The number of halogens is 6. The van der Waals surface area contributed by atoms with Gasteiger partial charge in [0, 0.05) is 5.56 Å². The Morgan fingerprint density at radius 3 is 1.76 bits per heavy atom. The molecule has 0 aliphatic heterocycles. The monoisotopic (exact) mass is 370 g/mol. The Morgan fingerprint density at radius 2 is 1.44 bits per heavy atom. The summed E-state index contributed by atoms with van der Waals surface area (Å²) >= 11 is 0. The molecule has 1 aliphatic rings. The summed E-state index contributed by atoms with van der Waals surface area (Å²) in [6.07, 6.45) is -10.6. The zero-order chi connectivity index (χ0) is 19.8. The Morgan fingerprint density at radius 1 is 0.960 bits per heavy atom. The van der Waals surface area contributed by atoms with Crippen molar-refractivity contribution in [3.05, 3.63) is 28.8 Å². The van der Waals surface area contributed by atoms with Gasteiger partial charge < -0.3 is 5.11 Å². The van der Waals surface area contributed by atoms with Gasteiger partial charge >= 0.3 is 12.4 Å². The summed E-state index contributed by atoms with van der Waals surface area (Å²) in [5.74, 6) is -0.716. The Labute approximate surface area is 144 Å². The summed E-state index contributed by atoms with van der Waals surface area (Å²) in [4.78, 5) is 0. The van der Waals surface area contributed by atoms with E-state index in [2.05, 4.69) is 0 Å².